The second kappa shape index (κ2) is 3.18. The maximum atomic E-state index is 11.5. The maximum absolute atomic E-state index is 11.5. The Labute approximate surface area is 86.2 Å². The molecule has 0 saturated heterocycles. The SMILES string of the molecule is Cc1nc(C2CC2C)[nH]c(=O)c1C(=O)O. The first kappa shape index (κ1) is 9.89. The quantitative estimate of drug-likeness (QED) is 0.756. The van der Waals surface area contributed by atoms with E-state index < -0.39 is 11.5 Å². The number of rotatable bonds is 2. The highest BCUT2D eigenvalue weighted by atomic mass is 16.4. The lowest BCUT2D eigenvalue weighted by Gasteiger charge is -2.02. The fraction of sp³-hybridized carbons (Fsp3) is 0.500. The van der Waals surface area contributed by atoms with Gasteiger partial charge in [0.05, 0.1) is 5.69 Å². The molecule has 0 spiro atoms. The number of H-pyrrole nitrogens is 1. The summed E-state index contributed by atoms with van der Waals surface area (Å²) in [5.74, 6) is 0.217. The van der Waals surface area contributed by atoms with Gasteiger partial charge in [0.2, 0.25) is 0 Å². The van der Waals surface area contributed by atoms with Crippen molar-refractivity contribution in [2.75, 3.05) is 0 Å². The third kappa shape index (κ3) is 1.65. The first-order valence-corrected chi connectivity index (χ1v) is 4.84. The normalized spacial score (nSPS) is 23.9. The Morgan fingerprint density at radius 2 is 2.20 bits per heavy atom. The number of carbonyl (C=O) groups is 1. The summed E-state index contributed by atoms with van der Waals surface area (Å²) in [5, 5.41) is 8.78. The Kier molecular flexibility index (Phi) is 2.10. The molecule has 15 heavy (non-hydrogen) atoms. The average molecular weight is 208 g/mol. The summed E-state index contributed by atoms with van der Waals surface area (Å²) >= 11 is 0. The van der Waals surface area contributed by atoms with E-state index in [9.17, 15) is 9.59 Å². The summed E-state index contributed by atoms with van der Waals surface area (Å²) in [5.41, 5.74) is -0.517. The Morgan fingerprint density at radius 1 is 1.60 bits per heavy atom. The summed E-state index contributed by atoms with van der Waals surface area (Å²) in [6.07, 6.45) is 1.01. The van der Waals surface area contributed by atoms with Crippen molar-refractivity contribution in [1.82, 2.24) is 9.97 Å². The van der Waals surface area contributed by atoms with Gasteiger partial charge in [-0.2, -0.15) is 0 Å². The first-order valence-electron chi connectivity index (χ1n) is 4.84. The second-order valence-electron chi connectivity index (χ2n) is 4.04. The van der Waals surface area contributed by atoms with Gasteiger partial charge in [-0.1, -0.05) is 6.92 Å². The molecule has 0 bridgehead atoms. The molecule has 0 aromatic carbocycles. The molecule has 1 aromatic heterocycles. The Morgan fingerprint density at radius 3 is 2.60 bits per heavy atom. The van der Waals surface area contributed by atoms with Crippen molar-refractivity contribution in [2.24, 2.45) is 5.92 Å². The van der Waals surface area contributed by atoms with Crippen molar-refractivity contribution in [3.63, 3.8) is 0 Å². The monoisotopic (exact) mass is 208 g/mol. The smallest absolute Gasteiger partial charge is 0.343 e. The summed E-state index contributed by atoms with van der Waals surface area (Å²) in [6.45, 7) is 3.63. The van der Waals surface area contributed by atoms with Crippen LogP contribution in [0.2, 0.25) is 0 Å². The van der Waals surface area contributed by atoms with E-state index in [2.05, 4.69) is 16.9 Å². The van der Waals surface area contributed by atoms with Gasteiger partial charge in [-0.25, -0.2) is 9.78 Å². The summed E-state index contributed by atoms with van der Waals surface area (Å²) in [4.78, 5) is 28.9. The van der Waals surface area contributed by atoms with Crippen LogP contribution in [0.4, 0.5) is 0 Å². The van der Waals surface area contributed by atoms with Crippen molar-refractivity contribution in [1.29, 1.82) is 0 Å². The Bertz CT molecular complexity index is 478. The molecule has 2 N–H and O–H groups in total. The number of nitrogens with one attached hydrogen (secondary N) is 1. The zero-order chi connectivity index (χ0) is 11.2. The van der Waals surface area contributed by atoms with Crippen LogP contribution in [-0.4, -0.2) is 21.0 Å². The standard InChI is InChI=1S/C10H12N2O3/c1-4-3-6(4)8-11-5(2)7(10(14)15)9(13)12-8/h4,6H,3H2,1-2H3,(H,14,15)(H,11,12,13). The molecule has 2 unspecified atom stereocenters. The molecule has 1 aliphatic carbocycles. The van der Waals surface area contributed by atoms with Crippen molar-refractivity contribution < 1.29 is 9.90 Å². The number of carboxylic acids is 1. The number of carboxylic acid groups (broad SMARTS) is 1. The van der Waals surface area contributed by atoms with E-state index in [1.54, 1.807) is 6.92 Å². The van der Waals surface area contributed by atoms with Crippen LogP contribution in [0.3, 0.4) is 0 Å². The van der Waals surface area contributed by atoms with Crippen LogP contribution in [0.15, 0.2) is 4.79 Å². The first-order chi connectivity index (χ1) is 7.00. The van der Waals surface area contributed by atoms with Crippen LogP contribution in [-0.2, 0) is 0 Å². The molecule has 0 aliphatic heterocycles. The minimum Gasteiger partial charge on any atom is -0.477 e. The minimum absolute atomic E-state index is 0.257. The zero-order valence-electron chi connectivity index (χ0n) is 8.57. The number of aryl methyl sites for hydroxylation is 1. The largest absolute Gasteiger partial charge is 0.477 e. The van der Waals surface area contributed by atoms with Gasteiger partial charge in [0.15, 0.2) is 0 Å². The van der Waals surface area contributed by atoms with Crippen molar-refractivity contribution in [3.05, 3.63) is 27.4 Å². The van der Waals surface area contributed by atoms with Crippen LogP contribution in [0.1, 0.15) is 41.1 Å². The molecule has 2 atom stereocenters. The van der Waals surface area contributed by atoms with E-state index in [1.165, 1.54) is 0 Å². The molecule has 1 heterocycles. The fourth-order valence-corrected chi connectivity index (χ4v) is 1.74. The molecule has 0 radical (unpaired) electrons. The molecule has 1 aromatic rings. The van der Waals surface area contributed by atoms with E-state index in [4.69, 9.17) is 5.11 Å². The van der Waals surface area contributed by atoms with E-state index in [1.807, 2.05) is 0 Å². The Hall–Kier alpha value is -1.65. The molecule has 0 amide bonds. The molecular weight excluding hydrogens is 196 g/mol. The van der Waals surface area contributed by atoms with E-state index in [-0.39, 0.29) is 5.56 Å². The van der Waals surface area contributed by atoms with Gasteiger partial charge in [0.1, 0.15) is 11.4 Å². The van der Waals surface area contributed by atoms with Crippen molar-refractivity contribution in [3.8, 4) is 0 Å². The summed E-state index contributed by atoms with van der Waals surface area (Å²) in [6, 6.07) is 0. The van der Waals surface area contributed by atoms with Gasteiger partial charge >= 0.3 is 5.97 Å². The second-order valence-corrected chi connectivity index (χ2v) is 4.04. The van der Waals surface area contributed by atoms with Crippen LogP contribution >= 0.6 is 0 Å². The Balaban J connectivity index is 2.48. The highest BCUT2D eigenvalue weighted by Crippen LogP contribution is 2.44. The summed E-state index contributed by atoms with van der Waals surface area (Å²) in [7, 11) is 0. The topological polar surface area (TPSA) is 83.0 Å². The highest BCUT2D eigenvalue weighted by Gasteiger charge is 2.36. The highest BCUT2D eigenvalue weighted by molar-refractivity contribution is 5.88. The molecule has 1 aliphatic rings. The van der Waals surface area contributed by atoms with E-state index >= 15 is 0 Å². The van der Waals surface area contributed by atoms with Gasteiger partial charge in [-0.15, -0.1) is 0 Å². The molecule has 5 nitrogen and oxygen atoms in total. The van der Waals surface area contributed by atoms with Gasteiger partial charge in [0.25, 0.3) is 5.56 Å². The predicted octanol–water partition coefficient (Wildman–Crippen LogP) is 0.900. The third-order valence-electron chi connectivity index (χ3n) is 2.79. The number of nitrogens with zero attached hydrogens (tertiary/aromatic N) is 1. The fourth-order valence-electron chi connectivity index (χ4n) is 1.74. The molecule has 5 heteroatoms. The van der Waals surface area contributed by atoms with Crippen LogP contribution < -0.4 is 5.56 Å². The van der Waals surface area contributed by atoms with Crippen LogP contribution in [0, 0.1) is 12.8 Å². The number of hydrogen-bond donors (Lipinski definition) is 2. The van der Waals surface area contributed by atoms with Gasteiger partial charge < -0.3 is 10.1 Å². The lowest BCUT2D eigenvalue weighted by Crippen LogP contribution is -2.22. The molecular formula is C10H12N2O3. The number of hydrogen-bond acceptors (Lipinski definition) is 3. The molecule has 1 saturated carbocycles. The van der Waals surface area contributed by atoms with Gasteiger partial charge in [-0.05, 0) is 19.3 Å². The van der Waals surface area contributed by atoms with Crippen LogP contribution in [0.5, 0.6) is 0 Å². The van der Waals surface area contributed by atoms with E-state index in [0.717, 1.165) is 6.42 Å². The maximum Gasteiger partial charge on any atom is 0.343 e. The molecule has 80 valence electrons. The minimum atomic E-state index is -1.23. The summed E-state index contributed by atoms with van der Waals surface area (Å²) < 4.78 is 0. The van der Waals surface area contributed by atoms with E-state index in [0.29, 0.717) is 23.4 Å². The van der Waals surface area contributed by atoms with Gasteiger partial charge in [-0.3, -0.25) is 4.79 Å². The lowest BCUT2D eigenvalue weighted by molar-refractivity contribution is 0.0693. The molecule has 2 rings (SSSR count). The number of aromatic nitrogens is 2. The van der Waals surface area contributed by atoms with Crippen LogP contribution in [0.25, 0.3) is 0 Å². The predicted molar refractivity (Wildman–Crippen MR) is 53.1 cm³/mol. The zero-order valence-corrected chi connectivity index (χ0v) is 8.57. The lowest BCUT2D eigenvalue weighted by atomic mass is 10.2. The third-order valence-corrected chi connectivity index (χ3v) is 2.79. The number of aromatic amines is 1. The number of aromatic carboxylic acids is 1. The molecule has 1 fully saturated rings. The van der Waals surface area contributed by atoms with Crippen molar-refractivity contribution >= 4 is 5.97 Å². The average Bonchev–Trinajstić information content (AvgIpc) is 2.80. The van der Waals surface area contributed by atoms with Crippen molar-refractivity contribution in [2.45, 2.75) is 26.2 Å². The van der Waals surface area contributed by atoms with Gasteiger partial charge in [0, 0.05) is 5.92 Å².